The lowest BCUT2D eigenvalue weighted by Gasteiger charge is -2.27. The smallest absolute Gasteiger partial charge is 0.345 e. The van der Waals surface area contributed by atoms with Crippen molar-refractivity contribution in [1.29, 1.82) is 0 Å². The maximum Gasteiger partial charge on any atom is 0.345 e. The molecule has 8 heteroatoms. The minimum absolute atomic E-state index is 0.104. The van der Waals surface area contributed by atoms with Crippen LogP contribution in [0, 0.1) is 0 Å². The molecule has 0 aromatic heterocycles. The molecule has 2 atom stereocenters. The third-order valence-electron chi connectivity index (χ3n) is 6.20. The van der Waals surface area contributed by atoms with Crippen LogP contribution in [0.1, 0.15) is 31.0 Å². The van der Waals surface area contributed by atoms with E-state index < -0.39 is 24.0 Å². The van der Waals surface area contributed by atoms with Crippen molar-refractivity contribution in [2.75, 3.05) is 31.3 Å². The molecule has 0 fully saturated rings. The number of rotatable bonds is 11. The van der Waals surface area contributed by atoms with Crippen LogP contribution in [0.4, 0.5) is 5.69 Å². The Morgan fingerprint density at radius 3 is 2.32 bits per heavy atom. The van der Waals surface area contributed by atoms with Gasteiger partial charge >= 0.3 is 5.97 Å². The first-order valence-corrected chi connectivity index (χ1v) is 12.7. The highest BCUT2D eigenvalue weighted by Crippen LogP contribution is 2.40. The van der Waals surface area contributed by atoms with E-state index in [4.69, 9.17) is 14.2 Å². The number of carbonyl (C=O) groups is 3. The molecule has 0 bridgehead atoms. The number of esters is 1. The van der Waals surface area contributed by atoms with E-state index in [-0.39, 0.29) is 32.3 Å². The quantitative estimate of drug-likeness (QED) is 0.235. The molecule has 0 radical (unpaired) electrons. The summed E-state index contributed by atoms with van der Waals surface area (Å²) in [6.45, 7) is 4.54. The Hall–Kier alpha value is -4.01. The number of ether oxygens (including phenoxy) is 3. The largest absolute Gasteiger partial charge is 0.464 e. The van der Waals surface area contributed by atoms with Crippen molar-refractivity contribution in [2.24, 2.45) is 0 Å². The van der Waals surface area contributed by atoms with Crippen LogP contribution < -0.4 is 10.2 Å². The fourth-order valence-corrected chi connectivity index (χ4v) is 4.48. The van der Waals surface area contributed by atoms with Crippen molar-refractivity contribution >= 4 is 23.5 Å². The zero-order valence-corrected chi connectivity index (χ0v) is 21.6. The number of nitrogens with zero attached hydrogens (tertiary/aromatic N) is 1. The number of carbonyl (C=O) groups excluding carboxylic acids is 3. The number of para-hydroxylation sites is 1. The van der Waals surface area contributed by atoms with Gasteiger partial charge in [-0.15, -0.1) is 0 Å². The van der Waals surface area contributed by atoms with Crippen LogP contribution in [0.2, 0.25) is 0 Å². The van der Waals surface area contributed by atoms with Crippen molar-refractivity contribution in [3.05, 3.63) is 90.0 Å². The van der Waals surface area contributed by atoms with Gasteiger partial charge in [0, 0.05) is 18.7 Å². The number of benzene rings is 3. The zero-order chi connectivity index (χ0) is 26.9. The van der Waals surface area contributed by atoms with E-state index in [1.54, 1.807) is 18.7 Å². The van der Waals surface area contributed by atoms with Crippen LogP contribution in [-0.2, 0) is 35.2 Å². The van der Waals surface area contributed by atoms with Gasteiger partial charge in [-0.3, -0.25) is 9.59 Å². The number of nitrogens with one attached hydrogen (secondary N) is 1. The van der Waals surface area contributed by atoms with E-state index in [9.17, 15) is 14.4 Å². The number of amides is 2. The van der Waals surface area contributed by atoms with Gasteiger partial charge in [0.2, 0.25) is 6.10 Å². The molecular weight excluding hydrogens is 484 g/mol. The van der Waals surface area contributed by atoms with Crippen molar-refractivity contribution in [2.45, 2.75) is 32.6 Å². The Kier molecular flexibility index (Phi) is 9.24. The summed E-state index contributed by atoms with van der Waals surface area (Å²) >= 11 is 0. The Morgan fingerprint density at radius 1 is 0.895 bits per heavy atom. The molecule has 8 nitrogen and oxygen atoms in total. The molecule has 0 aliphatic carbocycles. The van der Waals surface area contributed by atoms with Crippen molar-refractivity contribution in [1.82, 2.24) is 5.32 Å². The number of hydrogen-bond acceptors (Lipinski definition) is 6. The second kappa shape index (κ2) is 13.0. The Morgan fingerprint density at radius 2 is 1.58 bits per heavy atom. The van der Waals surface area contributed by atoms with Gasteiger partial charge in [0.15, 0.2) is 0 Å². The minimum atomic E-state index is -1.48. The molecule has 1 aliphatic rings. The van der Waals surface area contributed by atoms with Gasteiger partial charge in [-0.05, 0) is 36.6 Å². The second-order valence-electron chi connectivity index (χ2n) is 8.66. The van der Waals surface area contributed by atoms with Gasteiger partial charge < -0.3 is 24.4 Å². The van der Waals surface area contributed by atoms with Gasteiger partial charge in [-0.1, -0.05) is 72.8 Å². The Bertz CT molecular complexity index is 1260. The molecule has 3 aromatic carbocycles. The predicted octanol–water partition coefficient (Wildman–Crippen LogP) is 4.04. The van der Waals surface area contributed by atoms with E-state index in [1.807, 2.05) is 78.9 Å². The van der Waals surface area contributed by atoms with Crippen LogP contribution in [0.25, 0.3) is 11.1 Å². The van der Waals surface area contributed by atoms with Crippen LogP contribution in [-0.4, -0.2) is 50.3 Å². The van der Waals surface area contributed by atoms with Gasteiger partial charge in [0.25, 0.3) is 11.8 Å². The lowest BCUT2D eigenvalue weighted by Crippen LogP contribution is -2.49. The second-order valence-corrected chi connectivity index (χ2v) is 8.66. The first kappa shape index (κ1) is 27.0. The fraction of sp³-hybridized carbons (Fsp3) is 0.300. The molecule has 1 unspecified atom stereocenters. The number of hydrogen-bond donors (Lipinski definition) is 1. The third-order valence-corrected chi connectivity index (χ3v) is 6.20. The first-order chi connectivity index (χ1) is 18.5. The molecule has 1 heterocycles. The maximum atomic E-state index is 14.0. The third kappa shape index (κ3) is 6.10. The van der Waals surface area contributed by atoms with Crippen LogP contribution in [0.5, 0.6) is 0 Å². The molecule has 4 rings (SSSR count). The minimum Gasteiger partial charge on any atom is -0.464 e. The zero-order valence-electron chi connectivity index (χ0n) is 21.6. The highest BCUT2D eigenvalue weighted by atomic mass is 16.6. The maximum absolute atomic E-state index is 14.0. The van der Waals surface area contributed by atoms with E-state index >= 15 is 0 Å². The van der Waals surface area contributed by atoms with E-state index in [1.165, 1.54) is 0 Å². The SMILES string of the molecule is CCOC(=O)[C@@H](OCC)C(=O)NC1C(=O)N(CCOCc2ccccc2)c2ccccc2-c2ccccc21. The van der Waals surface area contributed by atoms with Gasteiger partial charge in [-0.25, -0.2) is 4.79 Å². The van der Waals surface area contributed by atoms with Crippen LogP contribution >= 0.6 is 0 Å². The van der Waals surface area contributed by atoms with Gasteiger partial charge in [0.1, 0.15) is 6.04 Å². The van der Waals surface area contributed by atoms with Crippen molar-refractivity contribution in [3.8, 4) is 11.1 Å². The first-order valence-electron chi connectivity index (χ1n) is 12.7. The average Bonchev–Trinajstić information content (AvgIpc) is 3.03. The molecule has 0 spiro atoms. The summed E-state index contributed by atoms with van der Waals surface area (Å²) in [5.41, 5.74) is 4.07. The molecule has 1 aliphatic heterocycles. The standard InChI is InChI=1S/C30H32N2O6/c1-3-37-27(30(35)38-4-2)28(33)31-26-24-16-9-8-14-22(24)23-15-10-11-17-25(23)32(29(26)34)18-19-36-20-21-12-6-5-7-13-21/h5-17,26-27H,3-4,18-20H2,1-2H3,(H,31,33)/t26?,27-/m0/s1. The summed E-state index contributed by atoms with van der Waals surface area (Å²) in [6, 6.07) is 23.8. The lowest BCUT2D eigenvalue weighted by atomic mass is 9.95. The lowest BCUT2D eigenvalue weighted by molar-refractivity contribution is -0.162. The highest BCUT2D eigenvalue weighted by Gasteiger charge is 2.38. The molecular formula is C30H32N2O6. The number of anilines is 1. The molecule has 1 N–H and O–H groups in total. The summed E-state index contributed by atoms with van der Waals surface area (Å²) in [5.74, 6) is -1.86. The van der Waals surface area contributed by atoms with Crippen molar-refractivity contribution in [3.63, 3.8) is 0 Å². The van der Waals surface area contributed by atoms with E-state index in [0.717, 1.165) is 22.4 Å². The number of fused-ring (bicyclic) bond motifs is 3. The predicted molar refractivity (Wildman–Crippen MR) is 143 cm³/mol. The summed E-state index contributed by atoms with van der Waals surface area (Å²) in [4.78, 5) is 41.4. The molecule has 198 valence electrons. The van der Waals surface area contributed by atoms with Gasteiger partial charge in [0.05, 0.1) is 25.5 Å². The van der Waals surface area contributed by atoms with Crippen LogP contribution in [0.15, 0.2) is 78.9 Å². The highest BCUT2D eigenvalue weighted by molar-refractivity contribution is 6.08. The van der Waals surface area contributed by atoms with Crippen LogP contribution in [0.3, 0.4) is 0 Å². The van der Waals surface area contributed by atoms with Crippen molar-refractivity contribution < 1.29 is 28.6 Å². The molecule has 0 saturated carbocycles. The monoisotopic (exact) mass is 516 g/mol. The molecule has 3 aromatic rings. The summed E-state index contributed by atoms with van der Waals surface area (Å²) in [6.07, 6.45) is -1.48. The topological polar surface area (TPSA) is 94.2 Å². The Balaban J connectivity index is 1.63. The van der Waals surface area contributed by atoms with Gasteiger partial charge in [-0.2, -0.15) is 0 Å². The summed E-state index contributed by atoms with van der Waals surface area (Å²) in [7, 11) is 0. The van der Waals surface area contributed by atoms with E-state index in [2.05, 4.69) is 5.32 Å². The average molecular weight is 517 g/mol. The summed E-state index contributed by atoms with van der Waals surface area (Å²) < 4.78 is 16.3. The normalized spacial score (nSPS) is 15.2. The van der Waals surface area contributed by atoms with E-state index in [0.29, 0.717) is 12.2 Å². The summed E-state index contributed by atoms with van der Waals surface area (Å²) in [5, 5.41) is 2.77. The fourth-order valence-electron chi connectivity index (χ4n) is 4.48. The Labute approximate surface area is 222 Å². The molecule has 0 saturated heterocycles. The molecule has 38 heavy (non-hydrogen) atoms. The molecule has 2 amide bonds.